The number of anilines is 1. The number of hydrogen-bond donors (Lipinski definition) is 2. The van der Waals surface area contributed by atoms with Gasteiger partial charge in [0.1, 0.15) is 5.69 Å². The van der Waals surface area contributed by atoms with E-state index in [2.05, 4.69) is 33.4 Å². The lowest BCUT2D eigenvalue weighted by molar-refractivity contribution is 0.0854. The van der Waals surface area contributed by atoms with Gasteiger partial charge in [0.2, 0.25) is 0 Å². The number of aromatic amines is 1. The van der Waals surface area contributed by atoms with Crippen molar-refractivity contribution in [3.05, 3.63) is 29.5 Å². The standard InChI is InChI=1S/C21H29N3O2/c1-15-18-13-16(24-10-4-2-3-5-11-24)8-9-19(18)23-20(15)21(25)22-14-17-7-6-12-26-17/h8-9,13,17,23H,2-7,10-12,14H2,1H3,(H,22,25). The highest BCUT2D eigenvalue weighted by molar-refractivity contribution is 6.01. The van der Waals surface area contributed by atoms with Crippen LogP contribution in [0.4, 0.5) is 5.69 Å². The molecule has 0 aliphatic carbocycles. The van der Waals surface area contributed by atoms with E-state index in [-0.39, 0.29) is 12.0 Å². The maximum Gasteiger partial charge on any atom is 0.268 e. The van der Waals surface area contributed by atoms with Crippen molar-refractivity contribution in [1.29, 1.82) is 0 Å². The summed E-state index contributed by atoms with van der Waals surface area (Å²) in [7, 11) is 0. The second kappa shape index (κ2) is 7.70. The van der Waals surface area contributed by atoms with E-state index in [0.717, 1.165) is 49.0 Å². The van der Waals surface area contributed by atoms with Crippen LogP contribution in [0.1, 0.15) is 54.6 Å². The topological polar surface area (TPSA) is 57.4 Å². The van der Waals surface area contributed by atoms with Gasteiger partial charge in [-0.3, -0.25) is 4.79 Å². The van der Waals surface area contributed by atoms with E-state index in [4.69, 9.17) is 4.74 Å². The van der Waals surface area contributed by atoms with E-state index < -0.39 is 0 Å². The van der Waals surface area contributed by atoms with Crippen LogP contribution in [0.15, 0.2) is 18.2 Å². The van der Waals surface area contributed by atoms with Crippen molar-refractivity contribution in [2.45, 2.75) is 51.6 Å². The number of carbonyl (C=O) groups excluding carboxylic acids is 1. The third-order valence-corrected chi connectivity index (χ3v) is 5.75. The van der Waals surface area contributed by atoms with Crippen molar-refractivity contribution in [2.24, 2.45) is 0 Å². The van der Waals surface area contributed by atoms with Gasteiger partial charge in [-0.15, -0.1) is 0 Å². The first kappa shape index (κ1) is 17.4. The molecule has 3 heterocycles. The molecule has 0 spiro atoms. The quantitative estimate of drug-likeness (QED) is 0.878. The molecule has 1 aromatic heterocycles. The minimum atomic E-state index is -0.0366. The summed E-state index contributed by atoms with van der Waals surface area (Å²) < 4.78 is 5.59. The molecule has 1 atom stereocenters. The summed E-state index contributed by atoms with van der Waals surface area (Å²) in [6.07, 6.45) is 7.48. The molecule has 5 nitrogen and oxygen atoms in total. The van der Waals surface area contributed by atoms with Gasteiger partial charge in [-0.25, -0.2) is 0 Å². The zero-order valence-electron chi connectivity index (χ0n) is 15.6. The molecular formula is C21H29N3O2. The normalized spacial score (nSPS) is 21.1. The molecule has 1 amide bonds. The fraction of sp³-hybridized carbons (Fsp3) is 0.571. The Morgan fingerprint density at radius 3 is 2.77 bits per heavy atom. The number of hydrogen-bond acceptors (Lipinski definition) is 3. The van der Waals surface area contributed by atoms with Crippen molar-refractivity contribution < 1.29 is 9.53 Å². The van der Waals surface area contributed by atoms with Crippen molar-refractivity contribution >= 4 is 22.5 Å². The van der Waals surface area contributed by atoms with E-state index in [1.54, 1.807) is 0 Å². The first-order valence-electron chi connectivity index (χ1n) is 9.99. The fourth-order valence-electron chi connectivity index (χ4n) is 4.17. The molecule has 1 unspecified atom stereocenters. The molecule has 2 aliphatic rings. The Labute approximate surface area is 155 Å². The van der Waals surface area contributed by atoms with Gasteiger partial charge in [0, 0.05) is 42.8 Å². The number of nitrogens with zero attached hydrogens (tertiary/aromatic N) is 1. The first-order valence-corrected chi connectivity index (χ1v) is 9.99. The number of H-pyrrole nitrogens is 1. The second-order valence-corrected chi connectivity index (χ2v) is 7.60. The summed E-state index contributed by atoms with van der Waals surface area (Å²) in [5.41, 5.74) is 4.00. The molecule has 0 bridgehead atoms. The van der Waals surface area contributed by atoms with Gasteiger partial charge in [-0.05, 0) is 56.4 Å². The molecule has 2 aliphatic heterocycles. The van der Waals surface area contributed by atoms with Crippen molar-refractivity contribution in [3.8, 4) is 0 Å². The highest BCUT2D eigenvalue weighted by atomic mass is 16.5. The number of rotatable bonds is 4. The van der Waals surface area contributed by atoms with E-state index in [1.165, 1.54) is 31.4 Å². The summed E-state index contributed by atoms with van der Waals surface area (Å²) in [4.78, 5) is 18.4. The summed E-state index contributed by atoms with van der Waals surface area (Å²) in [6.45, 7) is 5.69. The maximum absolute atomic E-state index is 12.6. The lowest BCUT2D eigenvalue weighted by atomic mass is 10.1. The number of carbonyl (C=O) groups is 1. The molecule has 2 saturated heterocycles. The molecule has 5 heteroatoms. The van der Waals surface area contributed by atoms with Crippen LogP contribution >= 0.6 is 0 Å². The van der Waals surface area contributed by atoms with Crippen LogP contribution in [0.5, 0.6) is 0 Å². The molecule has 4 rings (SSSR count). The van der Waals surface area contributed by atoms with Crippen molar-refractivity contribution in [2.75, 3.05) is 31.1 Å². The van der Waals surface area contributed by atoms with Gasteiger partial charge in [0.25, 0.3) is 5.91 Å². The van der Waals surface area contributed by atoms with Crippen LogP contribution in [0, 0.1) is 6.92 Å². The van der Waals surface area contributed by atoms with Gasteiger partial charge >= 0.3 is 0 Å². The monoisotopic (exact) mass is 355 g/mol. The smallest absolute Gasteiger partial charge is 0.268 e. The lowest BCUT2D eigenvalue weighted by Crippen LogP contribution is -2.32. The van der Waals surface area contributed by atoms with Crippen molar-refractivity contribution in [1.82, 2.24) is 10.3 Å². The predicted molar refractivity (Wildman–Crippen MR) is 105 cm³/mol. The lowest BCUT2D eigenvalue weighted by Gasteiger charge is -2.22. The number of fused-ring (bicyclic) bond motifs is 1. The zero-order chi connectivity index (χ0) is 17.9. The summed E-state index contributed by atoms with van der Waals surface area (Å²) >= 11 is 0. The average Bonchev–Trinajstić information content (AvgIpc) is 3.19. The van der Waals surface area contributed by atoms with Gasteiger partial charge < -0.3 is 19.9 Å². The predicted octanol–water partition coefficient (Wildman–Crippen LogP) is 3.77. The van der Waals surface area contributed by atoms with Crippen LogP contribution in [-0.2, 0) is 4.74 Å². The van der Waals surface area contributed by atoms with E-state index in [9.17, 15) is 4.79 Å². The molecule has 2 aromatic rings. The van der Waals surface area contributed by atoms with Crippen LogP contribution in [-0.4, -0.2) is 43.2 Å². The largest absolute Gasteiger partial charge is 0.376 e. The van der Waals surface area contributed by atoms with Crippen LogP contribution < -0.4 is 10.2 Å². The Balaban J connectivity index is 1.52. The molecule has 2 N–H and O–H groups in total. The fourth-order valence-corrected chi connectivity index (χ4v) is 4.17. The van der Waals surface area contributed by atoms with Crippen LogP contribution in [0.2, 0.25) is 0 Å². The number of aryl methyl sites for hydroxylation is 1. The first-order chi connectivity index (χ1) is 12.7. The molecule has 0 radical (unpaired) electrons. The molecule has 2 fully saturated rings. The van der Waals surface area contributed by atoms with E-state index in [1.807, 2.05) is 6.92 Å². The molecule has 140 valence electrons. The van der Waals surface area contributed by atoms with E-state index >= 15 is 0 Å². The SMILES string of the molecule is Cc1c(C(=O)NCC2CCCO2)[nH]c2ccc(N3CCCCCC3)cc12. The molecular weight excluding hydrogens is 326 g/mol. The highest BCUT2D eigenvalue weighted by Crippen LogP contribution is 2.28. The highest BCUT2D eigenvalue weighted by Gasteiger charge is 2.20. The Kier molecular flexibility index (Phi) is 5.16. The number of aromatic nitrogens is 1. The summed E-state index contributed by atoms with van der Waals surface area (Å²) in [5.74, 6) is -0.0366. The Hall–Kier alpha value is -2.01. The average molecular weight is 355 g/mol. The molecule has 0 saturated carbocycles. The Bertz CT molecular complexity index is 769. The third-order valence-electron chi connectivity index (χ3n) is 5.75. The number of amides is 1. The second-order valence-electron chi connectivity index (χ2n) is 7.60. The Morgan fingerprint density at radius 2 is 2.04 bits per heavy atom. The molecule has 1 aromatic carbocycles. The Morgan fingerprint density at radius 1 is 1.23 bits per heavy atom. The molecule has 26 heavy (non-hydrogen) atoms. The van der Waals surface area contributed by atoms with Crippen LogP contribution in [0.3, 0.4) is 0 Å². The minimum absolute atomic E-state index is 0.0366. The maximum atomic E-state index is 12.6. The minimum Gasteiger partial charge on any atom is -0.376 e. The van der Waals surface area contributed by atoms with Gasteiger partial charge in [0.15, 0.2) is 0 Å². The number of nitrogens with one attached hydrogen (secondary N) is 2. The van der Waals surface area contributed by atoms with Gasteiger partial charge in [-0.1, -0.05) is 12.8 Å². The third kappa shape index (κ3) is 3.58. The zero-order valence-corrected chi connectivity index (χ0v) is 15.6. The van der Waals surface area contributed by atoms with Gasteiger partial charge in [0.05, 0.1) is 6.10 Å². The number of ether oxygens (including phenoxy) is 1. The number of benzene rings is 1. The summed E-state index contributed by atoms with van der Waals surface area (Å²) in [5, 5.41) is 4.17. The van der Waals surface area contributed by atoms with Crippen LogP contribution in [0.25, 0.3) is 10.9 Å². The van der Waals surface area contributed by atoms with Gasteiger partial charge in [-0.2, -0.15) is 0 Å². The van der Waals surface area contributed by atoms with Crippen molar-refractivity contribution in [3.63, 3.8) is 0 Å². The summed E-state index contributed by atoms with van der Waals surface area (Å²) in [6, 6.07) is 6.53. The van der Waals surface area contributed by atoms with E-state index in [0.29, 0.717) is 12.2 Å².